The Morgan fingerprint density at radius 3 is 2.54 bits per heavy atom. The van der Waals surface area contributed by atoms with Gasteiger partial charge in [0.1, 0.15) is 12.4 Å². The second kappa shape index (κ2) is 4.72. The molecule has 5 atom stereocenters. The molecule has 0 aromatic rings. The molecule has 4 rings (SSSR count). The van der Waals surface area contributed by atoms with Crippen LogP contribution >= 0.6 is 0 Å². The average molecular weight is 332 g/mol. The molecule has 4 nitrogen and oxygen atoms in total. The Morgan fingerprint density at radius 1 is 1.12 bits per heavy atom. The van der Waals surface area contributed by atoms with Crippen LogP contribution < -0.4 is 0 Å². The lowest BCUT2D eigenvalue weighted by molar-refractivity contribution is -0.181. The fourth-order valence-corrected chi connectivity index (χ4v) is 6.89. The number of fused-ring (bicyclic) bond motifs is 4. The molecule has 0 bridgehead atoms. The minimum Gasteiger partial charge on any atom is -0.458 e. The first kappa shape index (κ1) is 16.3. The van der Waals surface area contributed by atoms with Crippen LogP contribution in [0.1, 0.15) is 59.8 Å². The smallest absolute Gasteiger partial charge is 0.334 e. The van der Waals surface area contributed by atoms with Gasteiger partial charge in [-0.25, -0.2) is 4.79 Å². The third kappa shape index (κ3) is 1.78. The van der Waals surface area contributed by atoms with Gasteiger partial charge in [-0.1, -0.05) is 34.1 Å². The number of aliphatic hydroxyl groups is 1. The van der Waals surface area contributed by atoms with Crippen LogP contribution in [0.15, 0.2) is 11.1 Å². The molecule has 3 aliphatic carbocycles. The van der Waals surface area contributed by atoms with Crippen molar-refractivity contribution in [2.45, 2.75) is 65.9 Å². The molecule has 24 heavy (non-hydrogen) atoms. The van der Waals surface area contributed by atoms with Crippen LogP contribution in [0.3, 0.4) is 0 Å². The Labute approximate surface area is 143 Å². The molecule has 2 fully saturated rings. The van der Waals surface area contributed by atoms with E-state index in [1.165, 1.54) is 0 Å². The molecule has 1 N–H and O–H groups in total. The van der Waals surface area contributed by atoms with Gasteiger partial charge in [0.15, 0.2) is 0 Å². The summed E-state index contributed by atoms with van der Waals surface area (Å²) in [5.74, 6) is -0.122. The highest BCUT2D eigenvalue weighted by molar-refractivity contribution is 6.01. The van der Waals surface area contributed by atoms with E-state index in [9.17, 15) is 14.7 Å². The summed E-state index contributed by atoms with van der Waals surface area (Å²) in [6.45, 7) is 9.07. The van der Waals surface area contributed by atoms with Gasteiger partial charge in [-0.15, -0.1) is 0 Å². The van der Waals surface area contributed by atoms with E-state index in [2.05, 4.69) is 20.8 Å². The highest BCUT2D eigenvalue weighted by Crippen LogP contribution is 2.67. The molecule has 1 aliphatic heterocycles. The van der Waals surface area contributed by atoms with E-state index in [1.54, 1.807) is 0 Å². The molecule has 0 aromatic carbocycles. The van der Waals surface area contributed by atoms with Crippen molar-refractivity contribution in [2.24, 2.45) is 28.1 Å². The maximum Gasteiger partial charge on any atom is 0.334 e. The fraction of sp³-hybridized carbons (Fsp3) is 0.800. The number of carbonyl (C=O) groups excluding carboxylic acids is 2. The van der Waals surface area contributed by atoms with Crippen LogP contribution in [0.5, 0.6) is 0 Å². The molecule has 0 radical (unpaired) electrons. The van der Waals surface area contributed by atoms with Crippen molar-refractivity contribution in [2.75, 3.05) is 6.61 Å². The molecule has 4 aliphatic rings. The number of aliphatic hydroxyl groups excluding tert-OH is 1. The van der Waals surface area contributed by atoms with Crippen LogP contribution in [-0.4, -0.2) is 29.6 Å². The second-order valence-corrected chi connectivity index (χ2v) is 9.54. The Bertz CT molecular complexity index is 661. The minimum atomic E-state index is -0.657. The molecule has 0 saturated heterocycles. The lowest BCUT2D eigenvalue weighted by Gasteiger charge is -2.64. The minimum absolute atomic E-state index is 0.114. The van der Waals surface area contributed by atoms with E-state index in [4.69, 9.17) is 4.74 Å². The van der Waals surface area contributed by atoms with Crippen molar-refractivity contribution >= 4 is 11.8 Å². The second-order valence-electron chi connectivity index (χ2n) is 9.54. The number of carbonyl (C=O) groups is 2. The number of esters is 1. The van der Waals surface area contributed by atoms with Crippen LogP contribution in [0, 0.1) is 28.1 Å². The van der Waals surface area contributed by atoms with Gasteiger partial charge in [0.2, 0.25) is 0 Å². The van der Waals surface area contributed by atoms with Crippen molar-refractivity contribution in [3.63, 3.8) is 0 Å². The summed E-state index contributed by atoms with van der Waals surface area (Å²) in [6.07, 6.45) is 3.59. The number of rotatable bonds is 0. The van der Waals surface area contributed by atoms with Gasteiger partial charge < -0.3 is 9.84 Å². The molecule has 0 spiro atoms. The molecule has 0 unspecified atom stereocenters. The quantitative estimate of drug-likeness (QED) is 0.693. The molecule has 132 valence electrons. The number of ether oxygens (including phenoxy) is 1. The van der Waals surface area contributed by atoms with Crippen molar-refractivity contribution in [3.05, 3.63) is 11.1 Å². The zero-order valence-corrected chi connectivity index (χ0v) is 15.1. The Balaban J connectivity index is 1.89. The van der Waals surface area contributed by atoms with Crippen LogP contribution in [0.4, 0.5) is 0 Å². The summed E-state index contributed by atoms with van der Waals surface area (Å²) < 4.78 is 5.24. The summed E-state index contributed by atoms with van der Waals surface area (Å²) >= 11 is 0. The van der Waals surface area contributed by atoms with Gasteiger partial charge in [-0.05, 0) is 41.6 Å². The summed E-state index contributed by atoms with van der Waals surface area (Å²) in [5, 5.41) is 11.1. The molecule has 4 heteroatoms. The molecule has 1 heterocycles. The first-order valence-electron chi connectivity index (χ1n) is 9.23. The summed E-state index contributed by atoms with van der Waals surface area (Å²) in [7, 11) is 0. The van der Waals surface area contributed by atoms with Crippen LogP contribution in [0.2, 0.25) is 0 Å². The highest BCUT2D eigenvalue weighted by atomic mass is 16.5. The van der Waals surface area contributed by atoms with Crippen molar-refractivity contribution in [3.8, 4) is 0 Å². The topological polar surface area (TPSA) is 63.6 Å². The van der Waals surface area contributed by atoms with Gasteiger partial charge in [-0.3, -0.25) is 4.79 Å². The molecular formula is C20H28O4. The Kier molecular flexibility index (Phi) is 3.21. The average Bonchev–Trinajstić information content (AvgIpc) is 2.83. The lowest BCUT2D eigenvalue weighted by Crippen LogP contribution is -2.64. The van der Waals surface area contributed by atoms with Gasteiger partial charge >= 0.3 is 5.97 Å². The standard InChI is InChI=1S/C20H28O4/c1-18(2)6-5-7-19(3)14(18)9-15(22)20(4)12-10-24-17(23)11(12)8-13(21)16(19)20/h14-16,22H,5-10H2,1-4H3/t14-,15+,16+,19-,20+/m0/s1. The molecule has 0 aromatic heterocycles. The molecule has 2 saturated carbocycles. The van der Waals surface area contributed by atoms with E-state index < -0.39 is 11.5 Å². The van der Waals surface area contributed by atoms with Crippen LogP contribution in [-0.2, 0) is 14.3 Å². The predicted molar refractivity (Wildman–Crippen MR) is 89.1 cm³/mol. The first-order valence-corrected chi connectivity index (χ1v) is 9.23. The van der Waals surface area contributed by atoms with Gasteiger partial charge in [0, 0.05) is 23.3 Å². The summed E-state index contributed by atoms with van der Waals surface area (Å²) in [6, 6.07) is 0. The van der Waals surface area contributed by atoms with Gasteiger partial charge in [-0.2, -0.15) is 0 Å². The molecule has 0 amide bonds. The van der Waals surface area contributed by atoms with E-state index in [1.807, 2.05) is 6.92 Å². The number of hydrogen-bond donors (Lipinski definition) is 1. The third-order valence-electron chi connectivity index (χ3n) is 7.97. The summed E-state index contributed by atoms with van der Waals surface area (Å²) in [4.78, 5) is 25.2. The van der Waals surface area contributed by atoms with E-state index in [-0.39, 0.29) is 41.5 Å². The normalized spacial score (nSPS) is 47.0. The number of Topliss-reactive ketones (excluding diaryl/α,β-unsaturated/α-hetero) is 1. The Hall–Kier alpha value is -1.16. The number of hydrogen-bond acceptors (Lipinski definition) is 4. The largest absolute Gasteiger partial charge is 0.458 e. The SMILES string of the molecule is CC1(C)CCC[C@]2(C)[C@H]3C(=O)CC4=C(COC4=O)[C@]3(C)[C@H](O)C[C@@H]12. The zero-order chi connectivity index (χ0) is 17.5. The fourth-order valence-electron chi connectivity index (χ4n) is 6.89. The van der Waals surface area contributed by atoms with Crippen molar-refractivity contribution in [1.82, 2.24) is 0 Å². The highest BCUT2D eigenvalue weighted by Gasteiger charge is 2.67. The zero-order valence-electron chi connectivity index (χ0n) is 15.1. The van der Waals surface area contributed by atoms with Crippen molar-refractivity contribution in [1.29, 1.82) is 0 Å². The monoisotopic (exact) mass is 332 g/mol. The number of ketones is 1. The first-order chi connectivity index (χ1) is 11.1. The molecular weight excluding hydrogens is 304 g/mol. The van der Waals surface area contributed by atoms with E-state index >= 15 is 0 Å². The maximum atomic E-state index is 13.2. The Morgan fingerprint density at radius 2 is 1.83 bits per heavy atom. The van der Waals surface area contributed by atoms with E-state index in [0.717, 1.165) is 24.8 Å². The van der Waals surface area contributed by atoms with Gasteiger partial charge in [0.25, 0.3) is 0 Å². The van der Waals surface area contributed by atoms with Crippen molar-refractivity contribution < 1.29 is 19.4 Å². The van der Waals surface area contributed by atoms with E-state index in [0.29, 0.717) is 17.9 Å². The van der Waals surface area contributed by atoms with Gasteiger partial charge in [0.05, 0.1) is 6.10 Å². The lowest BCUT2D eigenvalue weighted by atomic mass is 9.39. The van der Waals surface area contributed by atoms with Crippen LogP contribution in [0.25, 0.3) is 0 Å². The predicted octanol–water partition coefficient (Wildman–Crippen LogP) is 3.03. The summed E-state index contributed by atoms with van der Waals surface area (Å²) in [5.41, 5.74) is 0.779. The third-order valence-corrected chi connectivity index (χ3v) is 7.97. The maximum absolute atomic E-state index is 13.2. The number of cyclic esters (lactones) is 1.